The van der Waals surface area contributed by atoms with Crippen LogP contribution in [0.25, 0.3) is 0 Å². The van der Waals surface area contributed by atoms with Crippen molar-refractivity contribution in [2.45, 2.75) is 26.2 Å². The number of rotatable bonds is 2. The summed E-state index contributed by atoms with van der Waals surface area (Å²) < 4.78 is 0. The van der Waals surface area contributed by atoms with Crippen molar-refractivity contribution in [3.8, 4) is 6.07 Å². The molecule has 1 fully saturated rings. The Kier molecular flexibility index (Phi) is 3.40. The zero-order chi connectivity index (χ0) is 11.4. The molecule has 0 radical (unpaired) electrons. The number of nitriles is 1. The quantitative estimate of drug-likeness (QED) is 0.761. The van der Waals surface area contributed by atoms with Gasteiger partial charge in [-0.1, -0.05) is 13.3 Å². The van der Waals surface area contributed by atoms with Gasteiger partial charge in [-0.25, -0.2) is 4.98 Å². The third-order valence-corrected chi connectivity index (χ3v) is 3.42. The Morgan fingerprint density at radius 2 is 2.19 bits per heavy atom. The Balaban J connectivity index is 2.00. The highest BCUT2D eigenvalue weighted by Crippen LogP contribution is 2.24. The van der Waals surface area contributed by atoms with Crippen molar-refractivity contribution in [2.75, 3.05) is 18.0 Å². The van der Waals surface area contributed by atoms with E-state index in [2.05, 4.69) is 16.8 Å². The first kappa shape index (κ1) is 10.9. The molecule has 0 atom stereocenters. The maximum Gasteiger partial charge on any atom is 0.140 e. The van der Waals surface area contributed by atoms with Crippen LogP contribution < -0.4 is 4.90 Å². The van der Waals surface area contributed by atoms with Crippen molar-refractivity contribution in [1.29, 1.82) is 5.26 Å². The van der Waals surface area contributed by atoms with E-state index in [1.165, 1.54) is 19.3 Å². The van der Waals surface area contributed by atoms with Gasteiger partial charge < -0.3 is 4.90 Å². The van der Waals surface area contributed by atoms with Gasteiger partial charge in [-0.3, -0.25) is 0 Å². The minimum atomic E-state index is 0.493. The van der Waals surface area contributed by atoms with Gasteiger partial charge in [-0.2, -0.15) is 5.26 Å². The molecule has 0 aliphatic carbocycles. The van der Waals surface area contributed by atoms with Gasteiger partial charge in [0.2, 0.25) is 0 Å². The highest BCUT2D eigenvalue weighted by Gasteiger charge is 2.17. The van der Waals surface area contributed by atoms with Crippen LogP contribution in [-0.2, 0) is 0 Å². The monoisotopic (exact) mass is 215 g/mol. The fraction of sp³-hybridized carbons (Fsp3) is 0.538. The van der Waals surface area contributed by atoms with Crippen LogP contribution in [0.1, 0.15) is 31.9 Å². The molecule has 2 heterocycles. The van der Waals surface area contributed by atoms with E-state index in [0.29, 0.717) is 5.69 Å². The summed E-state index contributed by atoms with van der Waals surface area (Å²) in [4.78, 5) is 6.47. The molecule has 1 aliphatic heterocycles. The van der Waals surface area contributed by atoms with Crippen LogP contribution in [0, 0.1) is 17.2 Å². The molecule has 84 valence electrons. The van der Waals surface area contributed by atoms with Crippen LogP contribution in [0.3, 0.4) is 0 Å². The van der Waals surface area contributed by atoms with Crippen molar-refractivity contribution in [2.24, 2.45) is 5.92 Å². The fourth-order valence-electron chi connectivity index (χ4n) is 2.24. The van der Waals surface area contributed by atoms with Crippen LogP contribution in [0.15, 0.2) is 18.3 Å². The number of pyridine rings is 1. The minimum Gasteiger partial charge on any atom is -0.370 e. The van der Waals surface area contributed by atoms with Crippen LogP contribution in [0.5, 0.6) is 0 Å². The lowest BCUT2D eigenvalue weighted by molar-refractivity contribution is 0.395. The molecular weight excluding hydrogens is 198 g/mol. The molecule has 0 N–H and O–H groups in total. The lowest BCUT2D eigenvalue weighted by Gasteiger charge is -2.32. The van der Waals surface area contributed by atoms with Gasteiger partial charge in [-0.15, -0.1) is 0 Å². The van der Waals surface area contributed by atoms with Crippen LogP contribution in [0.2, 0.25) is 0 Å². The molecule has 3 nitrogen and oxygen atoms in total. The third-order valence-electron chi connectivity index (χ3n) is 3.42. The van der Waals surface area contributed by atoms with Gasteiger partial charge in [0, 0.05) is 13.1 Å². The molecule has 0 amide bonds. The Bertz CT molecular complexity index is 369. The first-order chi connectivity index (χ1) is 7.83. The van der Waals surface area contributed by atoms with E-state index in [4.69, 9.17) is 5.26 Å². The Morgan fingerprint density at radius 1 is 1.44 bits per heavy atom. The highest BCUT2D eigenvalue weighted by atomic mass is 15.1. The lowest BCUT2D eigenvalue weighted by Crippen LogP contribution is -2.33. The van der Waals surface area contributed by atoms with Gasteiger partial charge in [0.25, 0.3) is 0 Å². The molecule has 2 rings (SSSR count). The zero-order valence-corrected chi connectivity index (χ0v) is 9.69. The third kappa shape index (κ3) is 2.33. The predicted octanol–water partition coefficient (Wildman–Crippen LogP) is 2.58. The van der Waals surface area contributed by atoms with Gasteiger partial charge in [0.1, 0.15) is 11.8 Å². The van der Waals surface area contributed by atoms with Crippen molar-refractivity contribution in [1.82, 2.24) is 4.98 Å². The molecule has 1 aromatic heterocycles. The molecule has 1 aliphatic rings. The van der Waals surface area contributed by atoms with Crippen molar-refractivity contribution in [3.63, 3.8) is 0 Å². The average Bonchev–Trinajstić information content (AvgIpc) is 2.39. The fourth-order valence-corrected chi connectivity index (χ4v) is 2.24. The number of nitrogens with zero attached hydrogens (tertiary/aromatic N) is 3. The number of hydrogen-bond acceptors (Lipinski definition) is 3. The Labute approximate surface area is 96.7 Å². The molecule has 0 spiro atoms. The summed E-state index contributed by atoms with van der Waals surface area (Å²) in [6.07, 6.45) is 5.65. The van der Waals surface area contributed by atoms with E-state index < -0.39 is 0 Å². The molecule has 0 aromatic carbocycles. The van der Waals surface area contributed by atoms with Crippen LogP contribution >= 0.6 is 0 Å². The summed E-state index contributed by atoms with van der Waals surface area (Å²) in [5, 5.41) is 8.68. The summed E-state index contributed by atoms with van der Waals surface area (Å²) in [7, 11) is 0. The number of aromatic nitrogens is 1. The van der Waals surface area contributed by atoms with E-state index in [1.807, 2.05) is 18.3 Å². The SMILES string of the molecule is CCC1CCN(c2ccc(C#N)nc2)CC1. The molecule has 0 saturated carbocycles. The second kappa shape index (κ2) is 4.98. The molecule has 16 heavy (non-hydrogen) atoms. The zero-order valence-electron chi connectivity index (χ0n) is 9.69. The van der Waals surface area contributed by atoms with Crippen LogP contribution in [0.4, 0.5) is 5.69 Å². The van der Waals surface area contributed by atoms with Gasteiger partial charge in [0.15, 0.2) is 0 Å². The first-order valence-electron chi connectivity index (χ1n) is 5.94. The molecule has 1 aromatic rings. The maximum atomic E-state index is 8.68. The predicted molar refractivity (Wildman–Crippen MR) is 64.2 cm³/mol. The topological polar surface area (TPSA) is 39.9 Å². The van der Waals surface area contributed by atoms with E-state index in [1.54, 1.807) is 6.07 Å². The van der Waals surface area contributed by atoms with Gasteiger partial charge >= 0.3 is 0 Å². The highest BCUT2D eigenvalue weighted by molar-refractivity contribution is 5.46. The van der Waals surface area contributed by atoms with E-state index >= 15 is 0 Å². The van der Waals surface area contributed by atoms with Crippen molar-refractivity contribution >= 4 is 5.69 Å². The smallest absolute Gasteiger partial charge is 0.140 e. The second-order valence-electron chi connectivity index (χ2n) is 4.35. The van der Waals surface area contributed by atoms with Crippen LogP contribution in [-0.4, -0.2) is 18.1 Å². The molecular formula is C13H17N3. The number of anilines is 1. The molecule has 0 unspecified atom stereocenters. The van der Waals surface area contributed by atoms with Gasteiger partial charge in [0.05, 0.1) is 11.9 Å². The average molecular weight is 215 g/mol. The number of hydrogen-bond donors (Lipinski definition) is 0. The van der Waals surface area contributed by atoms with E-state index in [0.717, 1.165) is 24.7 Å². The maximum absolute atomic E-state index is 8.68. The second-order valence-corrected chi connectivity index (χ2v) is 4.35. The molecule has 3 heteroatoms. The Hall–Kier alpha value is -1.56. The molecule has 1 saturated heterocycles. The summed E-state index contributed by atoms with van der Waals surface area (Å²) in [5.74, 6) is 0.891. The normalized spacial score (nSPS) is 17.1. The largest absolute Gasteiger partial charge is 0.370 e. The summed E-state index contributed by atoms with van der Waals surface area (Å²) >= 11 is 0. The number of piperidine rings is 1. The first-order valence-corrected chi connectivity index (χ1v) is 5.94. The van der Waals surface area contributed by atoms with Gasteiger partial charge in [-0.05, 0) is 30.9 Å². The van der Waals surface area contributed by atoms with Crippen molar-refractivity contribution < 1.29 is 0 Å². The molecule has 0 bridgehead atoms. The minimum absolute atomic E-state index is 0.493. The summed E-state index contributed by atoms with van der Waals surface area (Å²) in [6.45, 7) is 4.50. The summed E-state index contributed by atoms with van der Waals surface area (Å²) in [6, 6.07) is 5.83. The van der Waals surface area contributed by atoms with E-state index in [-0.39, 0.29) is 0 Å². The van der Waals surface area contributed by atoms with Crippen molar-refractivity contribution in [3.05, 3.63) is 24.0 Å². The lowest BCUT2D eigenvalue weighted by atomic mass is 9.94. The summed E-state index contributed by atoms with van der Waals surface area (Å²) in [5.41, 5.74) is 1.64. The Morgan fingerprint density at radius 3 is 2.69 bits per heavy atom. The standard InChI is InChI=1S/C13H17N3/c1-2-11-5-7-16(8-6-11)13-4-3-12(9-14)15-10-13/h3-4,10-11H,2,5-8H2,1H3. The van der Waals surface area contributed by atoms with E-state index in [9.17, 15) is 0 Å².